The first-order valence-corrected chi connectivity index (χ1v) is 13.5. The Morgan fingerprint density at radius 1 is 1.05 bits per heavy atom. The molecule has 40 heavy (non-hydrogen) atoms. The summed E-state index contributed by atoms with van der Waals surface area (Å²) in [5.41, 5.74) is 13.9. The lowest BCUT2D eigenvalue weighted by Crippen LogP contribution is -2.27. The van der Waals surface area contributed by atoms with E-state index in [-0.39, 0.29) is 11.9 Å². The molecule has 1 fully saturated rings. The van der Waals surface area contributed by atoms with Crippen molar-refractivity contribution in [3.8, 4) is 28.9 Å². The van der Waals surface area contributed by atoms with E-state index in [4.69, 9.17) is 15.7 Å². The molecule has 0 saturated heterocycles. The third kappa shape index (κ3) is 4.46. The van der Waals surface area contributed by atoms with E-state index in [2.05, 4.69) is 45.3 Å². The number of aryl methyl sites for hydroxylation is 2. The average Bonchev–Trinajstić information content (AvgIpc) is 3.61. The fourth-order valence-corrected chi connectivity index (χ4v) is 5.20. The topological polar surface area (TPSA) is 112 Å². The Morgan fingerprint density at radius 2 is 1.95 bits per heavy atom. The van der Waals surface area contributed by atoms with Crippen molar-refractivity contribution in [3.05, 3.63) is 95.1 Å². The molecule has 1 amide bonds. The molecular weight excluding hydrogens is 498 g/mol. The van der Waals surface area contributed by atoms with E-state index in [0.717, 1.165) is 65.0 Å². The van der Waals surface area contributed by atoms with Crippen LogP contribution in [-0.4, -0.2) is 30.4 Å². The third-order valence-corrected chi connectivity index (χ3v) is 7.51. The van der Waals surface area contributed by atoms with E-state index in [0.29, 0.717) is 23.1 Å². The number of carbonyl (C=O) groups excluding carboxylic acids is 1. The number of fused-ring (bicyclic) bond motifs is 2. The molecule has 1 saturated carbocycles. The predicted octanol–water partition coefficient (Wildman–Crippen LogP) is 4.95. The van der Waals surface area contributed by atoms with Gasteiger partial charge in [-0.2, -0.15) is 0 Å². The smallest absolute Gasteiger partial charge is 0.253 e. The number of aromatic nitrogens is 5. The molecule has 0 spiro atoms. The second-order valence-corrected chi connectivity index (χ2v) is 10.4. The van der Waals surface area contributed by atoms with Crippen LogP contribution in [0.4, 0.5) is 5.82 Å². The van der Waals surface area contributed by atoms with E-state index in [1.807, 2.05) is 47.9 Å². The summed E-state index contributed by atoms with van der Waals surface area (Å²) in [6.45, 7) is 1.90. The van der Waals surface area contributed by atoms with Crippen molar-refractivity contribution in [2.75, 3.05) is 5.73 Å². The highest BCUT2D eigenvalue weighted by molar-refractivity contribution is 5.94. The number of amides is 1. The number of rotatable bonds is 4. The van der Waals surface area contributed by atoms with E-state index in [1.165, 1.54) is 5.56 Å². The Kier molecular flexibility index (Phi) is 5.78. The SMILES string of the molecule is Cc1ccc(C(=O)N[C@H]2CCc3cc(-n4c(-c5cccnc5N)nc5ccc(C#CC6CC6)nc54)ccc32)cn1. The van der Waals surface area contributed by atoms with Gasteiger partial charge in [-0.25, -0.2) is 15.0 Å². The van der Waals surface area contributed by atoms with Gasteiger partial charge in [-0.15, -0.1) is 0 Å². The molecule has 0 unspecified atom stereocenters. The largest absolute Gasteiger partial charge is 0.383 e. The van der Waals surface area contributed by atoms with Crippen molar-refractivity contribution in [1.29, 1.82) is 0 Å². The molecule has 3 N–H and O–H groups in total. The number of carbonyl (C=O) groups is 1. The molecule has 7 rings (SSSR count). The lowest BCUT2D eigenvalue weighted by Gasteiger charge is -2.16. The number of nitrogens with zero attached hydrogens (tertiary/aromatic N) is 5. The predicted molar refractivity (Wildman–Crippen MR) is 154 cm³/mol. The molecule has 5 aromatic rings. The maximum atomic E-state index is 12.9. The maximum Gasteiger partial charge on any atom is 0.253 e. The number of pyridine rings is 3. The van der Waals surface area contributed by atoms with E-state index >= 15 is 0 Å². The second-order valence-electron chi connectivity index (χ2n) is 10.4. The zero-order valence-corrected chi connectivity index (χ0v) is 22.1. The summed E-state index contributed by atoms with van der Waals surface area (Å²) in [7, 11) is 0. The molecule has 0 aliphatic heterocycles. The number of benzene rings is 1. The molecule has 2 aliphatic carbocycles. The quantitative estimate of drug-likeness (QED) is 0.321. The summed E-state index contributed by atoms with van der Waals surface area (Å²) in [4.78, 5) is 31.3. The minimum Gasteiger partial charge on any atom is -0.383 e. The number of hydrogen-bond donors (Lipinski definition) is 2. The van der Waals surface area contributed by atoms with Crippen molar-refractivity contribution in [2.24, 2.45) is 5.92 Å². The van der Waals surface area contributed by atoms with Crippen LogP contribution in [0.25, 0.3) is 28.2 Å². The number of anilines is 1. The average molecular weight is 526 g/mol. The van der Waals surface area contributed by atoms with Crippen LogP contribution in [0.1, 0.15) is 58.2 Å². The molecule has 8 nitrogen and oxygen atoms in total. The monoisotopic (exact) mass is 525 g/mol. The number of nitrogen functional groups attached to an aromatic ring is 1. The number of nitrogens with one attached hydrogen (secondary N) is 1. The Hall–Kier alpha value is -5.03. The van der Waals surface area contributed by atoms with Crippen molar-refractivity contribution in [1.82, 2.24) is 29.8 Å². The van der Waals surface area contributed by atoms with Crippen molar-refractivity contribution < 1.29 is 4.79 Å². The molecule has 8 heteroatoms. The van der Waals surface area contributed by atoms with Gasteiger partial charge < -0.3 is 11.1 Å². The molecule has 196 valence electrons. The summed E-state index contributed by atoms with van der Waals surface area (Å²) >= 11 is 0. The molecule has 4 heterocycles. The first-order chi connectivity index (χ1) is 19.5. The second kappa shape index (κ2) is 9.62. The van der Waals surface area contributed by atoms with Crippen LogP contribution in [0.3, 0.4) is 0 Å². The van der Waals surface area contributed by atoms with E-state index < -0.39 is 0 Å². The summed E-state index contributed by atoms with van der Waals surface area (Å²) in [6.07, 6.45) is 7.30. The Labute approximate surface area is 231 Å². The molecule has 1 aromatic carbocycles. The Bertz CT molecular complexity index is 1840. The molecule has 1 atom stereocenters. The zero-order chi connectivity index (χ0) is 27.2. The zero-order valence-electron chi connectivity index (χ0n) is 22.1. The van der Waals surface area contributed by atoms with Gasteiger partial charge in [0, 0.05) is 29.7 Å². The first-order valence-electron chi connectivity index (χ1n) is 13.5. The fraction of sp³-hybridized carbons (Fsp3) is 0.219. The van der Waals surface area contributed by atoms with Crippen LogP contribution >= 0.6 is 0 Å². The van der Waals surface area contributed by atoms with Crippen LogP contribution in [-0.2, 0) is 6.42 Å². The first kappa shape index (κ1) is 24.0. The summed E-state index contributed by atoms with van der Waals surface area (Å²) in [6, 6.07) is 17.6. The van der Waals surface area contributed by atoms with Gasteiger partial charge in [-0.05, 0) is 98.2 Å². The van der Waals surface area contributed by atoms with Crippen LogP contribution in [0.15, 0.2) is 67.0 Å². The fourth-order valence-electron chi connectivity index (χ4n) is 5.20. The van der Waals surface area contributed by atoms with Crippen LogP contribution < -0.4 is 11.1 Å². The van der Waals surface area contributed by atoms with Gasteiger partial charge in [0.1, 0.15) is 17.0 Å². The molecule has 4 aromatic heterocycles. The molecule has 0 radical (unpaired) electrons. The lowest BCUT2D eigenvalue weighted by molar-refractivity contribution is 0.0936. The van der Waals surface area contributed by atoms with Crippen molar-refractivity contribution in [3.63, 3.8) is 0 Å². The van der Waals surface area contributed by atoms with Gasteiger partial charge in [0.05, 0.1) is 17.2 Å². The number of imidazole rings is 1. The molecular formula is C32H27N7O. The standard InChI is InChI=1S/C32H27N7O/c1-19-4-8-22(18-35-19)32(40)38-27-14-9-21-17-24(12-13-25(21)27)39-30(26-3-2-16-34-29(26)33)37-28-15-11-23(36-31(28)39)10-7-20-5-6-20/h2-4,8,11-13,15-18,20,27H,5-6,9,14H2,1H3,(H2,33,34)(H,38,40)/t27-/m0/s1. The van der Waals surface area contributed by atoms with Crippen molar-refractivity contribution in [2.45, 2.75) is 38.6 Å². The van der Waals surface area contributed by atoms with Crippen molar-refractivity contribution >= 4 is 22.9 Å². The third-order valence-electron chi connectivity index (χ3n) is 7.51. The highest BCUT2D eigenvalue weighted by Crippen LogP contribution is 2.36. The summed E-state index contributed by atoms with van der Waals surface area (Å²) < 4.78 is 2.04. The van der Waals surface area contributed by atoms with Gasteiger partial charge in [0.2, 0.25) is 0 Å². The van der Waals surface area contributed by atoms with Gasteiger partial charge in [0.25, 0.3) is 5.91 Å². The number of hydrogen-bond acceptors (Lipinski definition) is 6. The minimum absolute atomic E-state index is 0.0618. The Balaban J connectivity index is 1.28. The highest BCUT2D eigenvalue weighted by atomic mass is 16.1. The highest BCUT2D eigenvalue weighted by Gasteiger charge is 2.26. The van der Waals surface area contributed by atoms with Gasteiger partial charge in [-0.1, -0.05) is 12.0 Å². The van der Waals surface area contributed by atoms with Gasteiger partial charge >= 0.3 is 0 Å². The Morgan fingerprint density at radius 3 is 2.75 bits per heavy atom. The van der Waals surface area contributed by atoms with Crippen LogP contribution in [0, 0.1) is 24.7 Å². The van der Waals surface area contributed by atoms with E-state index in [1.54, 1.807) is 12.4 Å². The van der Waals surface area contributed by atoms with Gasteiger partial charge in [-0.3, -0.25) is 14.3 Å². The minimum atomic E-state index is -0.117. The maximum absolute atomic E-state index is 12.9. The molecule has 2 aliphatic rings. The summed E-state index contributed by atoms with van der Waals surface area (Å²) in [5.74, 6) is 7.99. The summed E-state index contributed by atoms with van der Waals surface area (Å²) in [5, 5.41) is 3.18. The number of nitrogens with two attached hydrogens (primary N) is 1. The lowest BCUT2D eigenvalue weighted by atomic mass is 10.1. The normalized spacial score (nSPS) is 15.9. The van der Waals surface area contributed by atoms with Crippen LogP contribution in [0.5, 0.6) is 0 Å². The van der Waals surface area contributed by atoms with Crippen LogP contribution in [0.2, 0.25) is 0 Å². The molecule has 0 bridgehead atoms. The van der Waals surface area contributed by atoms with E-state index in [9.17, 15) is 4.79 Å². The van der Waals surface area contributed by atoms with Gasteiger partial charge in [0.15, 0.2) is 11.5 Å².